The molecular formula is C24H29N3O3. The highest BCUT2D eigenvalue weighted by Crippen LogP contribution is 2.20. The van der Waals surface area contributed by atoms with Crippen LogP contribution in [0.25, 0.3) is 11.0 Å². The molecule has 0 spiro atoms. The van der Waals surface area contributed by atoms with Crippen LogP contribution in [-0.4, -0.2) is 35.7 Å². The third-order valence-electron chi connectivity index (χ3n) is 4.82. The number of carbonyl (C=O) groups excluding carboxylic acids is 1. The number of aryl methyl sites for hydroxylation is 2. The van der Waals surface area contributed by atoms with Crippen molar-refractivity contribution in [2.24, 2.45) is 0 Å². The Hall–Kier alpha value is -3.28. The molecule has 1 amide bonds. The first-order valence-corrected chi connectivity index (χ1v) is 10.2. The molecule has 0 atom stereocenters. The molecular weight excluding hydrogens is 378 g/mol. The summed E-state index contributed by atoms with van der Waals surface area (Å²) in [5.41, 5.74) is 2.64. The van der Waals surface area contributed by atoms with Gasteiger partial charge in [-0.25, -0.2) is 4.98 Å². The molecule has 30 heavy (non-hydrogen) atoms. The fourth-order valence-corrected chi connectivity index (χ4v) is 3.27. The van der Waals surface area contributed by atoms with Gasteiger partial charge in [-0.05, 0) is 44.0 Å². The van der Waals surface area contributed by atoms with E-state index in [1.165, 1.54) is 0 Å². The summed E-state index contributed by atoms with van der Waals surface area (Å²) >= 11 is 0. The van der Waals surface area contributed by atoms with Gasteiger partial charge in [0.1, 0.15) is 17.3 Å². The maximum Gasteiger partial charge on any atom is 0.246 e. The highest BCUT2D eigenvalue weighted by molar-refractivity contribution is 5.92. The van der Waals surface area contributed by atoms with Crippen molar-refractivity contribution in [3.8, 4) is 11.5 Å². The molecule has 0 bridgehead atoms. The molecule has 3 aromatic rings. The van der Waals surface area contributed by atoms with Crippen LogP contribution in [0.15, 0.2) is 60.7 Å². The van der Waals surface area contributed by atoms with Crippen molar-refractivity contribution in [3.05, 3.63) is 66.5 Å². The van der Waals surface area contributed by atoms with Crippen molar-refractivity contribution in [2.75, 3.05) is 20.3 Å². The first-order valence-electron chi connectivity index (χ1n) is 10.2. The number of aromatic nitrogens is 2. The number of methoxy groups -OCH3 is 1. The van der Waals surface area contributed by atoms with Gasteiger partial charge in [0.05, 0.1) is 24.8 Å². The molecule has 158 valence electrons. The minimum Gasteiger partial charge on any atom is -0.497 e. The molecule has 1 N–H and O–H groups in total. The van der Waals surface area contributed by atoms with Gasteiger partial charge in [0, 0.05) is 31.1 Å². The lowest BCUT2D eigenvalue weighted by molar-refractivity contribution is -0.117. The van der Waals surface area contributed by atoms with Crippen molar-refractivity contribution in [3.63, 3.8) is 0 Å². The van der Waals surface area contributed by atoms with Gasteiger partial charge in [0.15, 0.2) is 0 Å². The Bertz CT molecular complexity index is 1010. The number of para-hydroxylation sites is 2. The van der Waals surface area contributed by atoms with Crippen molar-refractivity contribution in [1.29, 1.82) is 0 Å². The average Bonchev–Trinajstić information content (AvgIpc) is 3.11. The number of rotatable bonds is 11. The van der Waals surface area contributed by atoms with E-state index in [1.807, 2.05) is 42.5 Å². The van der Waals surface area contributed by atoms with Gasteiger partial charge in [-0.2, -0.15) is 0 Å². The Balaban J connectivity index is 1.58. The van der Waals surface area contributed by atoms with Gasteiger partial charge in [-0.1, -0.05) is 24.8 Å². The normalized spacial score (nSPS) is 10.7. The number of carbonyl (C=O) groups is 1. The van der Waals surface area contributed by atoms with Crippen molar-refractivity contribution in [2.45, 2.75) is 32.7 Å². The van der Waals surface area contributed by atoms with Crippen molar-refractivity contribution >= 4 is 16.9 Å². The summed E-state index contributed by atoms with van der Waals surface area (Å²) < 4.78 is 13.4. The number of nitrogens with zero attached hydrogens (tertiary/aromatic N) is 2. The van der Waals surface area contributed by atoms with Crippen LogP contribution in [0.2, 0.25) is 0 Å². The number of benzene rings is 2. The predicted octanol–water partition coefficient (Wildman–Crippen LogP) is 4.14. The molecule has 1 aromatic heterocycles. The maximum atomic E-state index is 11.6. The second kappa shape index (κ2) is 10.5. The van der Waals surface area contributed by atoms with Gasteiger partial charge in [0.2, 0.25) is 5.91 Å². The van der Waals surface area contributed by atoms with Gasteiger partial charge < -0.3 is 19.4 Å². The number of imidazole rings is 1. The molecule has 6 nitrogen and oxygen atoms in total. The Morgan fingerprint density at radius 3 is 2.73 bits per heavy atom. The van der Waals surface area contributed by atoms with E-state index in [9.17, 15) is 4.79 Å². The lowest BCUT2D eigenvalue weighted by Gasteiger charge is -2.11. The largest absolute Gasteiger partial charge is 0.497 e. The van der Waals surface area contributed by atoms with Crippen LogP contribution in [0.5, 0.6) is 11.5 Å². The monoisotopic (exact) mass is 407 g/mol. The first kappa shape index (κ1) is 21.4. The third-order valence-corrected chi connectivity index (χ3v) is 4.82. The number of hydrogen-bond donors (Lipinski definition) is 1. The molecule has 2 aromatic carbocycles. The third kappa shape index (κ3) is 5.63. The van der Waals surface area contributed by atoms with Crippen molar-refractivity contribution in [1.82, 2.24) is 14.9 Å². The van der Waals surface area contributed by atoms with Crippen LogP contribution in [0.1, 0.15) is 25.6 Å². The van der Waals surface area contributed by atoms with Crippen LogP contribution in [0, 0.1) is 0 Å². The molecule has 0 unspecified atom stereocenters. The van der Waals surface area contributed by atoms with Crippen LogP contribution in [0.4, 0.5) is 0 Å². The van der Waals surface area contributed by atoms with Crippen LogP contribution >= 0.6 is 0 Å². The summed E-state index contributed by atoms with van der Waals surface area (Å²) in [7, 11) is 1.65. The van der Waals surface area contributed by atoms with Crippen LogP contribution < -0.4 is 14.8 Å². The van der Waals surface area contributed by atoms with Gasteiger partial charge in [-0.3, -0.25) is 4.79 Å². The quantitative estimate of drug-likeness (QED) is 0.383. The number of nitrogens with one attached hydrogen (secondary N) is 1. The van der Waals surface area contributed by atoms with E-state index >= 15 is 0 Å². The number of ether oxygens (including phenoxy) is 2. The minimum absolute atomic E-state index is 0.0989. The second-order valence-electron chi connectivity index (χ2n) is 7.19. The van der Waals surface area contributed by atoms with E-state index in [0.717, 1.165) is 54.2 Å². The van der Waals surface area contributed by atoms with E-state index in [2.05, 4.69) is 22.5 Å². The number of hydrogen-bond acceptors (Lipinski definition) is 4. The maximum absolute atomic E-state index is 11.6. The average molecular weight is 408 g/mol. The Morgan fingerprint density at radius 1 is 1.13 bits per heavy atom. The van der Waals surface area contributed by atoms with E-state index in [0.29, 0.717) is 18.7 Å². The molecule has 0 aliphatic carbocycles. The summed E-state index contributed by atoms with van der Waals surface area (Å²) in [6, 6.07) is 15.8. The molecule has 1 heterocycles. The summed E-state index contributed by atoms with van der Waals surface area (Å²) in [6.07, 6.45) is 2.47. The zero-order valence-electron chi connectivity index (χ0n) is 17.7. The highest BCUT2D eigenvalue weighted by Gasteiger charge is 2.10. The lowest BCUT2D eigenvalue weighted by atomic mass is 10.2. The molecule has 3 rings (SSSR count). The van der Waals surface area contributed by atoms with E-state index in [4.69, 9.17) is 14.5 Å². The van der Waals surface area contributed by atoms with E-state index in [-0.39, 0.29) is 5.91 Å². The van der Waals surface area contributed by atoms with Gasteiger partial charge >= 0.3 is 0 Å². The first-order chi connectivity index (χ1) is 14.6. The summed E-state index contributed by atoms with van der Waals surface area (Å²) in [5, 5.41) is 2.88. The minimum atomic E-state index is -0.0989. The molecule has 6 heteroatoms. The molecule has 0 saturated heterocycles. The fourth-order valence-electron chi connectivity index (χ4n) is 3.27. The highest BCUT2D eigenvalue weighted by atomic mass is 16.5. The fraction of sp³-hybridized carbons (Fsp3) is 0.333. The van der Waals surface area contributed by atoms with Crippen molar-refractivity contribution < 1.29 is 14.3 Å². The predicted molar refractivity (Wildman–Crippen MR) is 119 cm³/mol. The molecule has 0 radical (unpaired) electrons. The van der Waals surface area contributed by atoms with E-state index in [1.54, 1.807) is 14.0 Å². The SMILES string of the molecule is C=C(C)C(=O)NCCCc1nc2ccccc2n1CCCOc1cccc(OC)c1. The molecule has 0 saturated carbocycles. The number of amides is 1. The summed E-state index contributed by atoms with van der Waals surface area (Å²) in [4.78, 5) is 16.4. The lowest BCUT2D eigenvalue weighted by Crippen LogP contribution is -2.25. The molecule has 0 aliphatic rings. The number of fused-ring (bicyclic) bond motifs is 1. The standard InChI is InChI=1S/C24H29N3O3/c1-18(2)24(28)25-14-7-13-23-26-21-11-4-5-12-22(21)27(23)15-8-16-30-20-10-6-9-19(17-20)29-3/h4-6,9-12,17H,1,7-8,13-16H2,2-3H3,(H,25,28). The summed E-state index contributed by atoms with van der Waals surface area (Å²) in [5.74, 6) is 2.52. The van der Waals surface area contributed by atoms with E-state index < -0.39 is 0 Å². The summed E-state index contributed by atoms with van der Waals surface area (Å²) in [6.45, 7) is 7.40. The van der Waals surface area contributed by atoms with Gasteiger partial charge in [0.25, 0.3) is 0 Å². The smallest absolute Gasteiger partial charge is 0.246 e. The molecule has 0 fully saturated rings. The van der Waals surface area contributed by atoms with Crippen LogP contribution in [0.3, 0.4) is 0 Å². The second-order valence-corrected chi connectivity index (χ2v) is 7.19. The Labute approximate surface area is 177 Å². The zero-order chi connectivity index (χ0) is 21.3. The Morgan fingerprint density at radius 2 is 1.93 bits per heavy atom. The Kier molecular flexibility index (Phi) is 7.49. The zero-order valence-corrected chi connectivity index (χ0v) is 17.7. The van der Waals surface area contributed by atoms with Gasteiger partial charge in [-0.15, -0.1) is 0 Å². The topological polar surface area (TPSA) is 65.4 Å². The molecule has 0 aliphatic heterocycles. The van der Waals surface area contributed by atoms with Crippen LogP contribution in [-0.2, 0) is 17.8 Å².